The Morgan fingerprint density at radius 3 is 1.59 bits per heavy atom. The van der Waals surface area contributed by atoms with Crippen LogP contribution in [0.4, 0.5) is 0 Å². The van der Waals surface area contributed by atoms with Crippen molar-refractivity contribution in [1.82, 2.24) is 6.15 Å². The molecule has 0 aliphatic rings. The van der Waals surface area contributed by atoms with Gasteiger partial charge in [-0.1, -0.05) is 77.1 Å². The molecule has 0 aliphatic carbocycles. The van der Waals surface area contributed by atoms with Gasteiger partial charge >= 0.3 is 11.9 Å². The van der Waals surface area contributed by atoms with Crippen LogP contribution in [-0.4, -0.2) is 36.4 Å². The molecule has 1 atom stereocenters. The van der Waals surface area contributed by atoms with Gasteiger partial charge in [0.25, 0.3) is 0 Å². The smallest absolute Gasteiger partial charge is 0.385 e. The third-order valence-corrected chi connectivity index (χ3v) is 4.86. The Bertz CT molecular complexity index is 1190. The average Bonchev–Trinajstić information content (AvgIpc) is 2.92. The molecule has 0 aromatic rings. The lowest BCUT2D eigenvalue weighted by molar-refractivity contribution is -0.159. The maximum Gasteiger partial charge on any atom is 0.385 e. The fourth-order valence-electron chi connectivity index (χ4n) is 2.96. The zero-order chi connectivity index (χ0) is 27.9. The number of esters is 2. The number of unbranched alkanes of at least 4 members (excludes halogenated alkanes) is 10. The molecule has 0 heterocycles. The van der Waals surface area contributed by atoms with E-state index >= 15 is 0 Å². The zero-order valence-corrected chi connectivity index (χ0v) is 23.3. The van der Waals surface area contributed by atoms with E-state index < -0.39 is 24.6 Å². The fourth-order valence-corrected chi connectivity index (χ4v) is 2.96. The van der Waals surface area contributed by atoms with Crippen LogP contribution in [0.3, 0.4) is 0 Å². The molecular formula is C33H65NO5. The van der Waals surface area contributed by atoms with Crippen molar-refractivity contribution >= 4 is 11.9 Å². The molecule has 6 heteroatoms. The van der Waals surface area contributed by atoms with Gasteiger partial charge in [-0.25, -0.2) is 4.79 Å². The van der Waals surface area contributed by atoms with Crippen LogP contribution in [0.25, 0.3) is 0 Å². The highest BCUT2D eigenvalue weighted by molar-refractivity contribution is 5.89. The summed E-state index contributed by atoms with van der Waals surface area (Å²) in [6, 6.07) is 0. The lowest BCUT2D eigenvalue weighted by atomic mass is 10.1. The van der Waals surface area contributed by atoms with Crippen LogP contribution in [0.2, 0.25) is 0 Å². The van der Waals surface area contributed by atoms with Gasteiger partial charge in [0.15, 0.2) is 6.10 Å². The summed E-state index contributed by atoms with van der Waals surface area (Å²) in [6.07, 6.45) is 12.5. The van der Waals surface area contributed by atoms with E-state index in [4.69, 9.17) is 9.47 Å². The topological polar surface area (TPSA) is 108 Å². The number of aliphatic hydroxyl groups is 1. The largest absolute Gasteiger partial charge is 0.456 e. The molecule has 0 spiro atoms. The Hall–Kier alpha value is -4.22. The van der Waals surface area contributed by atoms with Crippen molar-refractivity contribution in [2.75, 3.05) is 13.2 Å². The maximum atomic E-state index is 12.0. The Labute approximate surface area is 254 Å². The van der Waals surface area contributed by atoms with Crippen LogP contribution in [-0.2, 0) is 19.1 Å². The second-order valence-corrected chi connectivity index (χ2v) is 8.05. The molecule has 232 valence electrons. The summed E-state index contributed by atoms with van der Waals surface area (Å²) in [7, 11) is 0. The number of ether oxygens (including phenoxy) is 2. The lowest BCUT2D eigenvalue weighted by Gasteiger charge is -2.14. The van der Waals surface area contributed by atoms with E-state index in [0.717, 1.165) is 19.3 Å². The van der Waals surface area contributed by atoms with Gasteiger partial charge in [0.1, 0.15) is 6.61 Å². The molecular weight excluding hydrogens is 490 g/mol. The Morgan fingerprint density at radius 1 is 0.692 bits per heavy atom. The molecule has 6 nitrogen and oxygen atoms in total. The van der Waals surface area contributed by atoms with Crippen LogP contribution in [0.5, 0.6) is 0 Å². The van der Waals surface area contributed by atoms with E-state index in [0.29, 0.717) is 0 Å². The third-order valence-electron chi connectivity index (χ3n) is 4.86. The predicted molar refractivity (Wildman–Crippen MR) is 182 cm³/mol. The first kappa shape index (κ1) is 36.9. The molecule has 0 unspecified atom stereocenters. The number of hydrogen-bond acceptors (Lipinski definition) is 6. The first-order valence-corrected chi connectivity index (χ1v) is 13.0. The third kappa shape index (κ3) is 28.2. The first-order chi connectivity index (χ1) is 18.6. The molecule has 0 fully saturated rings. The highest BCUT2D eigenvalue weighted by atomic mass is 16.6. The molecule has 39 heavy (non-hydrogen) atoms. The van der Waals surface area contributed by atoms with Gasteiger partial charge in [0, 0.05) is 30.9 Å². The highest BCUT2D eigenvalue weighted by Gasteiger charge is 2.15. The molecule has 4 N–H and O–H groups in total. The zero-order valence-electron chi connectivity index (χ0n) is 23.3. The monoisotopic (exact) mass is 555 g/mol. The predicted octanol–water partition coefficient (Wildman–Crippen LogP) is 7.54. The molecule has 0 radical (unpaired) electrons. The van der Waals surface area contributed by atoms with Crippen LogP contribution < -0.4 is 6.15 Å². The number of carbonyl (C=O) groups is 2. The van der Waals surface area contributed by atoms with Gasteiger partial charge in [0.2, 0.25) is 0 Å². The van der Waals surface area contributed by atoms with E-state index in [1.165, 1.54) is 51.4 Å². The summed E-state index contributed by atoms with van der Waals surface area (Å²) in [5, 5.41) is 9.37. The van der Waals surface area contributed by atoms with Crippen molar-refractivity contribution in [2.24, 2.45) is 0 Å². The second-order valence-electron chi connectivity index (χ2n) is 8.05. The summed E-state index contributed by atoms with van der Waals surface area (Å²) in [4.78, 5) is 23.6. The van der Waals surface area contributed by atoms with Gasteiger partial charge in [-0.3, -0.25) is 4.79 Å². The van der Waals surface area contributed by atoms with Crippen LogP contribution in [0.15, 0.2) is 0 Å². The summed E-state index contributed by atoms with van der Waals surface area (Å²) in [5.74, 6) is 33.0. The SMILES string of the molecule is CC#CC#CC#CC#CC#CC#CC#CC(=O)OC[C@H](CO)OC(=O)CCCCCCCCCCCCC.N.[HH].[HH].[HH].[HH].[HH].[HH].[HH].[HH].[HH].[HH].[HH].[HH].[HH]. The van der Waals surface area contributed by atoms with E-state index in [-0.39, 0.29) is 37.7 Å². The molecule has 0 aromatic carbocycles. The van der Waals surface area contributed by atoms with Crippen molar-refractivity contribution in [2.45, 2.75) is 97.0 Å². The van der Waals surface area contributed by atoms with Crippen LogP contribution in [0.1, 0.15) is 109 Å². The van der Waals surface area contributed by atoms with Gasteiger partial charge in [0.05, 0.1) is 6.61 Å². The van der Waals surface area contributed by atoms with Gasteiger partial charge in [-0.15, -0.1) is 0 Å². The first-order valence-electron chi connectivity index (χ1n) is 13.0. The highest BCUT2D eigenvalue weighted by Crippen LogP contribution is 2.12. The van der Waals surface area contributed by atoms with Gasteiger partial charge < -0.3 is 20.7 Å². The molecule has 0 rings (SSSR count). The van der Waals surface area contributed by atoms with E-state index in [1.807, 2.05) is 0 Å². The molecule has 0 bridgehead atoms. The quantitative estimate of drug-likeness (QED) is 0.0881. The van der Waals surface area contributed by atoms with Crippen molar-refractivity contribution in [3.8, 4) is 82.9 Å². The number of hydrogen-bond donors (Lipinski definition) is 2. The summed E-state index contributed by atoms with van der Waals surface area (Å²) in [5.41, 5.74) is 0. The molecule has 0 saturated heterocycles. The van der Waals surface area contributed by atoms with Gasteiger partial charge in [-0.2, -0.15) is 0 Å². The number of carbonyl (C=O) groups excluding carboxylic acids is 2. The van der Waals surface area contributed by atoms with Crippen molar-refractivity contribution < 1.29 is 42.7 Å². The Kier molecular flexibility index (Phi) is 28.4. The Morgan fingerprint density at radius 2 is 1.13 bits per heavy atom. The fraction of sp³-hybridized carbons (Fsp3) is 0.515. The summed E-state index contributed by atoms with van der Waals surface area (Å²) in [6.45, 7) is 3.17. The normalized spacial score (nSPS) is 8.79. The molecule has 0 saturated carbocycles. The van der Waals surface area contributed by atoms with E-state index in [2.05, 4.69) is 89.8 Å². The number of aliphatic hydroxyl groups excluding tert-OH is 1. The van der Waals surface area contributed by atoms with Crippen LogP contribution in [0, 0.1) is 82.9 Å². The van der Waals surface area contributed by atoms with Crippen molar-refractivity contribution in [3.63, 3.8) is 0 Å². The minimum absolute atomic E-state index is 0. The lowest BCUT2D eigenvalue weighted by Crippen LogP contribution is -2.28. The maximum absolute atomic E-state index is 12.0. The molecule has 0 amide bonds. The summed E-state index contributed by atoms with van der Waals surface area (Å²) < 4.78 is 10.1. The Balaban J connectivity index is -0.0000000752. The minimum atomic E-state index is -0.926. The minimum Gasteiger partial charge on any atom is -0.456 e. The second kappa shape index (κ2) is 30.0. The van der Waals surface area contributed by atoms with Crippen LogP contribution >= 0.6 is 0 Å². The standard InChI is InChI=1S/C33H36O5.H3N.13H2/c1-3-5-7-9-11-13-15-16-18-19-21-23-25-27-32(35)37-30-31(29-34)38-33(36)28-26-24-22-20-17-14-12-10-8-6-4-2;;;;;;;;;;;;;;/h31,34H,4,6,8,10,12,14,17,20,22,24,26,28-30H2,1-2H3;1H3;13*1H/t31-;;;;;;;;;;;;;;/m0............../s1. The van der Waals surface area contributed by atoms with Gasteiger partial charge in [-0.05, 0) is 84.4 Å². The van der Waals surface area contributed by atoms with E-state index in [9.17, 15) is 14.7 Å². The number of rotatable bonds is 16. The molecule has 0 aromatic heterocycles. The molecule has 0 aliphatic heterocycles. The van der Waals surface area contributed by atoms with Crippen molar-refractivity contribution in [3.05, 3.63) is 0 Å². The van der Waals surface area contributed by atoms with Crippen molar-refractivity contribution in [1.29, 1.82) is 0 Å². The average molecular weight is 556 g/mol. The van der Waals surface area contributed by atoms with E-state index in [1.54, 1.807) is 6.92 Å². The summed E-state index contributed by atoms with van der Waals surface area (Å²) >= 11 is 0.